The monoisotopic (exact) mass is 390 g/mol. The lowest BCUT2D eigenvalue weighted by atomic mass is 9.97. The van der Waals surface area contributed by atoms with Gasteiger partial charge in [-0.25, -0.2) is 4.98 Å². The van der Waals surface area contributed by atoms with Crippen LogP contribution in [0.5, 0.6) is 0 Å². The Balaban J connectivity index is 1.40. The molecule has 1 aliphatic heterocycles. The van der Waals surface area contributed by atoms with E-state index in [0.29, 0.717) is 18.6 Å². The molecule has 5 nitrogen and oxygen atoms in total. The van der Waals surface area contributed by atoms with Crippen molar-refractivity contribution in [3.8, 4) is 22.4 Å². The van der Waals surface area contributed by atoms with Crippen LogP contribution in [0.15, 0.2) is 58.6 Å². The number of hydrogen-bond donors (Lipinski definition) is 2. The van der Waals surface area contributed by atoms with E-state index in [1.165, 1.54) is 10.3 Å². The largest absolute Gasteiger partial charge is 0.359 e. The molecule has 4 aromatic rings. The first-order chi connectivity index (χ1) is 13.8. The zero-order valence-corrected chi connectivity index (χ0v) is 16.5. The van der Waals surface area contributed by atoms with Crippen molar-refractivity contribution in [1.29, 1.82) is 0 Å². The van der Waals surface area contributed by atoms with E-state index in [2.05, 4.69) is 64.1 Å². The molecule has 2 unspecified atom stereocenters. The minimum Gasteiger partial charge on any atom is -0.359 e. The van der Waals surface area contributed by atoms with Crippen molar-refractivity contribution in [1.82, 2.24) is 20.8 Å². The van der Waals surface area contributed by atoms with Crippen molar-refractivity contribution >= 4 is 21.6 Å². The Bertz CT molecular complexity index is 1100. The Morgan fingerprint density at radius 1 is 1.18 bits per heavy atom. The fraction of sp³-hybridized carbons (Fsp3) is 0.273. The van der Waals surface area contributed by atoms with Gasteiger partial charge in [0.25, 0.3) is 0 Å². The van der Waals surface area contributed by atoms with E-state index < -0.39 is 0 Å². The first-order valence-electron chi connectivity index (χ1n) is 9.61. The van der Waals surface area contributed by atoms with E-state index in [0.717, 1.165) is 41.1 Å². The topological polar surface area (TPSA) is 63.0 Å². The minimum atomic E-state index is 0.488. The van der Waals surface area contributed by atoms with Crippen molar-refractivity contribution in [2.24, 2.45) is 0 Å². The summed E-state index contributed by atoms with van der Waals surface area (Å²) in [5.74, 6) is 0.863. The van der Waals surface area contributed by atoms with Gasteiger partial charge in [-0.05, 0) is 36.6 Å². The van der Waals surface area contributed by atoms with Crippen molar-refractivity contribution in [2.75, 3.05) is 6.54 Å². The quantitative estimate of drug-likeness (QED) is 0.527. The van der Waals surface area contributed by atoms with E-state index in [-0.39, 0.29) is 0 Å². The summed E-state index contributed by atoms with van der Waals surface area (Å²) in [6.07, 6.45) is 1.14. The summed E-state index contributed by atoms with van der Waals surface area (Å²) in [7, 11) is 0. The molecule has 6 heteroatoms. The lowest BCUT2D eigenvalue weighted by Crippen LogP contribution is -2.30. The molecule has 2 N–H and O–H groups in total. The Morgan fingerprint density at radius 2 is 2.07 bits per heavy atom. The third kappa shape index (κ3) is 3.46. The predicted molar refractivity (Wildman–Crippen MR) is 113 cm³/mol. The van der Waals surface area contributed by atoms with Gasteiger partial charge in [-0.15, -0.1) is 11.3 Å². The normalized spacial score (nSPS) is 19.5. The van der Waals surface area contributed by atoms with Crippen LogP contribution in [0.1, 0.15) is 19.1 Å². The Hall–Kier alpha value is -2.54. The third-order valence-electron chi connectivity index (χ3n) is 5.32. The number of hydrogen-bond acceptors (Lipinski definition) is 6. The summed E-state index contributed by atoms with van der Waals surface area (Å²) < 4.78 is 6.81. The molecule has 0 amide bonds. The zero-order valence-electron chi connectivity index (χ0n) is 15.7. The third-order valence-corrected chi connectivity index (χ3v) is 6.11. The first kappa shape index (κ1) is 17.6. The molecule has 2 aromatic heterocycles. The van der Waals surface area contributed by atoms with Gasteiger partial charge in [0.2, 0.25) is 0 Å². The molecule has 0 bridgehead atoms. The van der Waals surface area contributed by atoms with E-state index in [1.54, 1.807) is 11.3 Å². The van der Waals surface area contributed by atoms with Gasteiger partial charge in [0.05, 0.1) is 22.3 Å². The molecule has 1 aliphatic rings. The van der Waals surface area contributed by atoms with Crippen LogP contribution in [0.2, 0.25) is 0 Å². The van der Waals surface area contributed by atoms with E-state index >= 15 is 0 Å². The SMILES string of the molecule is CC1CC(NCc2cc(-c3ccccc3-c3ccc4ncsc4c3)no2)CN1. The maximum absolute atomic E-state index is 5.61. The summed E-state index contributed by atoms with van der Waals surface area (Å²) >= 11 is 1.66. The van der Waals surface area contributed by atoms with Crippen molar-refractivity contribution < 1.29 is 4.52 Å². The van der Waals surface area contributed by atoms with Gasteiger partial charge in [0.15, 0.2) is 5.76 Å². The van der Waals surface area contributed by atoms with E-state index in [4.69, 9.17) is 4.52 Å². The molecular formula is C22H22N4OS. The van der Waals surface area contributed by atoms with E-state index in [9.17, 15) is 0 Å². The van der Waals surface area contributed by atoms with Crippen LogP contribution in [0.4, 0.5) is 0 Å². The van der Waals surface area contributed by atoms with Gasteiger partial charge < -0.3 is 15.2 Å². The number of thiazole rings is 1. The molecule has 142 valence electrons. The highest BCUT2D eigenvalue weighted by Crippen LogP contribution is 2.34. The second-order valence-corrected chi connectivity index (χ2v) is 8.27. The number of fused-ring (bicyclic) bond motifs is 1. The van der Waals surface area contributed by atoms with Crippen LogP contribution in [0.3, 0.4) is 0 Å². The summed E-state index contributed by atoms with van der Waals surface area (Å²) in [4.78, 5) is 4.37. The van der Waals surface area contributed by atoms with Crippen LogP contribution < -0.4 is 10.6 Å². The molecule has 0 saturated carbocycles. The number of aromatic nitrogens is 2. The fourth-order valence-corrected chi connectivity index (χ4v) is 4.56. The summed E-state index contributed by atoms with van der Waals surface area (Å²) in [5.41, 5.74) is 7.20. The van der Waals surface area contributed by atoms with Crippen LogP contribution in [-0.2, 0) is 6.54 Å². The highest BCUT2D eigenvalue weighted by Gasteiger charge is 2.20. The first-order valence-corrected chi connectivity index (χ1v) is 10.5. The highest BCUT2D eigenvalue weighted by molar-refractivity contribution is 7.16. The van der Waals surface area contributed by atoms with Gasteiger partial charge >= 0.3 is 0 Å². The predicted octanol–water partition coefficient (Wildman–Crippen LogP) is 4.46. The van der Waals surface area contributed by atoms with E-state index in [1.807, 2.05) is 17.6 Å². The number of nitrogens with zero attached hydrogens (tertiary/aromatic N) is 2. The van der Waals surface area contributed by atoms with Gasteiger partial charge in [-0.2, -0.15) is 0 Å². The van der Waals surface area contributed by atoms with Gasteiger partial charge in [0, 0.05) is 30.3 Å². The Morgan fingerprint density at radius 3 is 2.93 bits per heavy atom. The smallest absolute Gasteiger partial charge is 0.151 e. The lowest BCUT2D eigenvalue weighted by Gasteiger charge is -2.09. The molecule has 0 aliphatic carbocycles. The Kier molecular flexibility index (Phi) is 4.68. The number of rotatable bonds is 5. The molecule has 0 radical (unpaired) electrons. The standard InChI is InChI=1S/C22H22N4OS/c1-14-8-16(11-23-14)24-12-17-10-21(26-27-17)19-5-3-2-4-18(19)15-6-7-20-22(9-15)28-13-25-20/h2-7,9-10,13-14,16,23-24H,8,11-12H2,1H3. The van der Waals surface area contributed by atoms with Crippen LogP contribution in [0, 0.1) is 0 Å². The number of benzene rings is 2. The summed E-state index contributed by atoms with van der Waals surface area (Å²) in [6.45, 7) is 3.92. The van der Waals surface area contributed by atoms with Crippen LogP contribution in [-0.4, -0.2) is 28.8 Å². The van der Waals surface area contributed by atoms with Gasteiger partial charge in [-0.1, -0.05) is 35.5 Å². The van der Waals surface area contributed by atoms with Crippen LogP contribution >= 0.6 is 11.3 Å². The van der Waals surface area contributed by atoms with Crippen molar-refractivity contribution in [3.05, 3.63) is 59.8 Å². The Labute approximate surface area is 167 Å². The second kappa shape index (κ2) is 7.47. The summed E-state index contributed by atoms with van der Waals surface area (Å²) in [6, 6.07) is 17.8. The maximum atomic E-state index is 5.61. The average Bonchev–Trinajstić information content (AvgIpc) is 3.46. The average molecular weight is 391 g/mol. The lowest BCUT2D eigenvalue weighted by molar-refractivity contribution is 0.366. The molecule has 0 spiro atoms. The van der Waals surface area contributed by atoms with Gasteiger partial charge in [0.1, 0.15) is 5.69 Å². The molecule has 3 heterocycles. The molecule has 2 aromatic carbocycles. The molecule has 2 atom stereocenters. The zero-order chi connectivity index (χ0) is 18.9. The molecule has 28 heavy (non-hydrogen) atoms. The molecule has 1 saturated heterocycles. The fourth-order valence-electron chi connectivity index (χ4n) is 3.84. The van der Waals surface area contributed by atoms with Crippen molar-refractivity contribution in [3.63, 3.8) is 0 Å². The number of nitrogens with one attached hydrogen (secondary N) is 2. The molecule has 1 fully saturated rings. The summed E-state index contributed by atoms with van der Waals surface area (Å²) in [5, 5.41) is 11.4. The second-order valence-electron chi connectivity index (χ2n) is 7.38. The van der Waals surface area contributed by atoms with Crippen molar-refractivity contribution in [2.45, 2.75) is 32.0 Å². The molecular weight excluding hydrogens is 368 g/mol. The van der Waals surface area contributed by atoms with Gasteiger partial charge in [-0.3, -0.25) is 0 Å². The molecule has 5 rings (SSSR count). The minimum absolute atomic E-state index is 0.488. The highest BCUT2D eigenvalue weighted by atomic mass is 32.1. The maximum Gasteiger partial charge on any atom is 0.151 e. The van der Waals surface area contributed by atoms with Crippen LogP contribution in [0.25, 0.3) is 32.6 Å².